The van der Waals surface area contributed by atoms with E-state index in [1.165, 1.54) is 6.20 Å². The van der Waals surface area contributed by atoms with Crippen molar-refractivity contribution in [3.05, 3.63) is 52.9 Å². The SMILES string of the molecule is CN(Cc1nc2ccccc2[nH]1)C(=O)c1cnc(O[C@@H]2CCOC2)c(Cl)c1. The lowest BCUT2D eigenvalue weighted by atomic mass is 10.2. The number of carbonyl (C=O) groups is 1. The first kappa shape index (κ1) is 17.8. The van der Waals surface area contributed by atoms with Gasteiger partial charge in [0.2, 0.25) is 5.88 Å². The van der Waals surface area contributed by atoms with Gasteiger partial charge in [-0.3, -0.25) is 4.79 Å². The van der Waals surface area contributed by atoms with Crippen molar-refractivity contribution in [1.82, 2.24) is 19.9 Å². The van der Waals surface area contributed by atoms with Crippen molar-refractivity contribution in [2.45, 2.75) is 19.1 Å². The molecule has 0 unspecified atom stereocenters. The number of H-pyrrole nitrogens is 1. The number of nitrogens with one attached hydrogen (secondary N) is 1. The van der Waals surface area contributed by atoms with Crippen LogP contribution in [-0.2, 0) is 11.3 Å². The molecule has 7 nitrogen and oxygen atoms in total. The Morgan fingerprint density at radius 1 is 1.44 bits per heavy atom. The lowest BCUT2D eigenvalue weighted by Gasteiger charge is -2.17. The van der Waals surface area contributed by atoms with E-state index in [0.29, 0.717) is 42.0 Å². The zero-order valence-corrected chi connectivity index (χ0v) is 15.6. The van der Waals surface area contributed by atoms with Gasteiger partial charge in [0.1, 0.15) is 17.0 Å². The molecule has 1 fully saturated rings. The van der Waals surface area contributed by atoms with Crippen LogP contribution in [0.4, 0.5) is 0 Å². The van der Waals surface area contributed by atoms with E-state index < -0.39 is 0 Å². The van der Waals surface area contributed by atoms with Crippen molar-refractivity contribution < 1.29 is 14.3 Å². The molecule has 4 rings (SSSR count). The van der Waals surface area contributed by atoms with Crippen molar-refractivity contribution in [3.8, 4) is 5.88 Å². The van der Waals surface area contributed by atoms with Crippen LogP contribution >= 0.6 is 11.6 Å². The standard InChI is InChI=1S/C19H19ClN4O3/c1-24(10-17-22-15-4-2-3-5-16(15)23-17)19(25)12-8-14(20)18(21-9-12)27-13-6-7-26-11-13/h2-5,8-9,13H,6-7,10-11H2,1H3,(H,22,23)/t13-/m1/s1. The number of para-hydroxylation sites is 2. The van der Waals surface area contributed by atoms with Gasteiger partial charge in [0.05, 0.1) is 36.4 Å². The van der Waals surface area contributed by atoms with Crippen LogP contribution in [0.5, 0.6) is 5.88 Å². The number of hydrogen-bond acceptors (Lipinski definition) is 5. The fourth-order valence-electron chi connectivity index (χ4n) is 2.99. The van der Waals surface area contributed by atoms with Crippen molar-refractivity contribution in [2.75, 3.05) is 20.3 Å². The average Bonchev–Trinajstić information content (AvgIpc) is 3.31. The number of benzene rings is 1. The molecule has 1 aliphatic rings. The molecule has 1 aromatic carbocycles. The summed E-state index contributed by atoms with van der Waals surface area (Å²) in [5.74, 6) is 0.844. The highest BCUT2D eigenvalue weighted by molar-refractivity contribution is 6.32. The van der Waals surface area contributed by atoms with Gasteiger partial charge in [0.25, 0.3) is 5.91 Å². The minimum atomic E-state index is -0.194. The van der Waals surface area contributed by atoms with E-state index in [1.54, 1.807) is 18.0 Å². The second-order valence-electron chi connectivity index (χ2n) is 6.48. The number of aromatic nitrogens is 3. The number of amides is 1. The van der Waals surface area contributed by atoms with Crippen molar-refractivity contribution in [3.63, 3.8) is 0 Å². The molecule has 1 N–H and O–H groups in total. The third kappa shape index (κ3) is 3.89. The van der Waals surface area contributed by atoms with Crippen molar-refractivity contribution in [1.29, 1.82) is 0 Å². The van der Waals surface area contributed by atoms with Crippen LogP contribution in [0, 0.1) is 0 Å². The van der Waals surface area contributed by atoms with Crippen LogP contribution in [-0.4, -0.2) is 52.1 Å². The number of ether oxygens (including phenoxy) is 2. The van der Waals surface area contributed by atoms with Crippen LogP contribution in [0.2, 0.25) is 5.02 Å². The van der Waals surface area contributed by atoms with E-state index >= 15 is 0 Å². The third-order valence-corrected chi connectivity index (χ3v) is 4.66. The number of rotatable bonds is 5. The maximum Gasteiger partial charge on any atom is 0.255 e. The first-order chi connectivity index (χ1) is 13.1. The van der Waals surface area contributed by atoms with Gasteiger partial charge in [-0.15, -0.1) is 0 Å². The van der Waals surface area contributed by atoms with E-state index in [-0.39, 0.29) is 12.0 Å². The number of carbonyl (C=O) groups excluding carboxylic acids is 1. The number of imidazole rings is 1. The Morgan fingerprint density at radius 2 is 2.30 bits per heavy atom. The van der Waals surface area contributed by atoms with Crippen LogP contribution < -0.4 is 4.74 Å². The van der Waals surface area contributed by atoms with Gasteiger partial charge in [-0.2, -0.15) is 0 Å². The van der Waals surface area contributed by atoms with E-state index in [2.05, 4.69) is 15.0 Å². The average molecular weight is 387 g/mol. The molecule has 1 amide bonds. The zero-order valence-electron chi connectivity index (χ0n) is 14.8. The number of fused-ring (bicyclic) bond motifs is 1. The molecule has 0 aliphatic carbocycles. The summed E-state index contributed by atoms with van der Waals surface area (Å²) in [5.41, 5.74) is 2.21. The van der Waals surface area contributed by atoms with Gasteiger partial charge in [-0.05, 0) is 18.2 Å². The predicted octanol–water partition coefficient (Wildman–Crippen LogP) is 3.05. The molecule has 3 aromatic rings. The lowest BCUT2D eigenvalue weighted by molar-refractivity contribution is 0.0781. The lowest BCUT2D eigenvalue weighted by Crippen LogP contribution is -2.27. The highest BCUT2D eigenvalue weighted by atomic mass is 35.5. The molecule has 140 valence electrons. The highest BCUT2D eigenvalue weighted by Gasteiger charge is 2.21. The van der Waals surface area contributed by atoms with E-state index in [9.17, 15) is 4.79 Å². The van der Waals surface area contributed by atoms with E-state index in [1.807, 2.05) is 24.3 Å². The zero-order chi connectivity index (χ0) is 18.8. The molecule has 8 heteroatoms. The molecule has 27 heavy (non-hydrogen) atoms. The van der Waals surface area contributed by atoms with Crippen LogP contribution in [0.1, 0.15) is 22.6 Å². The Morgan fingerprint density at radius 3 is 3.04 bits per heavy atom. The molecule has 0 bridgehead atoms. The molecule has 0 spiro atoms. The summed E-state index contributed by atoms with van der Waals surface area (Å²) in [5, 5.41) is 0.310. The van der Waals surface area contributed by atoms with Gasteiger partial charge < -0.3 is 19.4 Å². The quantitative estimate of drug-likeness (QED) is 0.729. The summed E-state index contributed by atoms with van der Waals surface area (Å²) in [6.45, 7) is 1.55. The second kappa shape index (κ2) is 7.54. The number of pyridine rings is 1. The van der Waals surface area contributed by atoms with E-state index in [0.717, 1.165) is 17.5 Å². The maximum atomic E-state index is 12.7. The van der Waals surface area contributed by atoms with Gasteiger partial charge in [-0.25, -0.2) is 9.97 Å². The van der Waals surface area contributed by atoms with E-state index in [4.69, 9.17) is 21.1 Å². The fourth-order valence-corrected chi connectivity index (χ4v) is 3.20. The van der Waals surface area contributed by atoms with Crippen LogP contribution in [0.15, 0.2) is 36.5 Å². The molecule has 1 atom stereocenters. The molecule has 0 saturated carbocycles. The second-order valence-corrected chi connectivity index (χ2v) is 6.88. The normalized spacial score (nSPS) is 16.6. The molecular formula is C19H19ClN4O3. The van der Waals surface area contributed by atoms with Gasteiger partial charge in [0.15, 0.2) is 0 Å². The fraction of sp³-hybridized carbons (Fsp3) is 0.316. The first-order valence-electron chi connectivity index (χ1n) is 8.69. The Kier molecular flexibility index (Phi) is 4.96. The number of halogens is 1. The topological polar surface area (TPSA) is 80.3 Å². The van der Waals surface area contributed by atoms with Gasteiger partial charge >= 0.3 is 0 Å². The highest BCUT2D eigenvalue weighted by Crippen LogP contribution is 2.25. The smallest absolute Gasteiger partial charge is 0.255 e. The Bertz CT molecular complexity index is 935. The van der Waals surface area contributed by atoms with Gasteiger partial charge in [-0.1, -0.05) is 23.7 Å². The summed E-state index contributed by atoms with van der Waals surface area (Å²) >= 11 is 6.25. The Balaban J connectivity index is 1.45. The molecule has 1 saturated heterocycles. The molecule has 1 aliphatic heterocycles. The Hall–Kier alpha value is -2.64. The minimum absolute atomic E-state index is 0.0488. The van der Waals surface area contributed by atoms with Crippen LogP contribution in [0.25, 0.3) is 11.0 Å². The molecular weight excluding hydrogens is 368 g/mol. The summed E-state index contributed by atoms with van der Waals surface area (Å²) in [6, 6.07) is 9.32. The summed E-state index contributed by atoms with van der Waals surface area (Å²) in [4.78, 5) is 26.2. The minimum Gasteiger partial charge on any atom is -0.471 e. The number of hydrogen-bond donors (Lipinski definition) is 1. The first-order valence-corrected chi connectivity index (χ1v) is 9.07. The van der Waals surface area contributed by atoms with Crippen LogP contribution in [0.3, 0.4) is 0 Å². The number of nitrogens with zero attached hydrogens (tertiary/aromatic N) is 3. The summed E-state index contributed by atoms with van der Waals surface area (Å²) in [7, 11) is 1.71. The largest absolute Gasteiger partial charge is 0.471 e. The third-order valence-electron chi connectivity index (χ3n) is 4.39. The maximum absolute atomic E-state index is 12.7. The summed E-state index contributed by atoms with van der Waals surface area (Å²) < 4.78 is 11.0. The molecule has 0 radical (unpaired) electrons. The molecule has 2 aromatic heterocycles. The molecule has 3 heterocycles. The van der Waals surface area contributed by atoms with Gasteiger partial charge in [0, 0.05) is 19.7 Å². The monoisotopic (exact) mass is 386 g/mol. The Labute approximate surface area is 161 Å². The van der Waals surface area contributed by atoms with Crippen molar-refractivity contribution >= 4 is 28.5 Å². The van der Waals surface area contributed by atoms with Crippen molar-refractivity contribution in [2.24, 2.45) is 0 Å². The summed E-state index contributed by atoms with van der Waals surface area (Å²) in [6.07, 6.45) is 2.24. The number of aromatic amines is 1. The predicted molar refractivity (Wildman–Crippen MR) is 101 cm³/mol.